The lowest BCUT2D eigenvalue weighted by Crippen LogP contribution is -2.31. The second-order valence-electron chi connectivity index (χ2n) is 4.94. The zero-order valence-electron chi connectivity index (χ0n) is 11.3. The number of aryl methyl sites for hydroxylation is 1. The molecule has 1 aliphatic heterocycles. The fourth-order valence-electron chi connectivity index (χ4n) is 2.52. The van der Waals surface area contributed by atoms with E-state index in [0.29, 0.717) is 29.1 Å². The van der Waals surface area contributed by atoms with Crippen molar-refractivity contribution in [3.8, 4) is 0 Å². The summed E-state index contributed by atoms with van der Waals surface area (Å²) in [4.78, 5) is 8.36. The molecule has 4 atom stereocenters. The minimum atomic E-state index is -1.06. The van der Waals surface area contributed by atoms with Crippen molar-refractivity contribution in [3.63, 3.8) is 0 Å². The third-order valence-electron chi connectivity index (χ3n) is 3.58. The largest absolute Gasteiger partial charge is 0.388 e. The van der Waals surface area contributed by atoms with Gasteiger partial charge in [0.2, 0.25) is 0 Å². The van der Waals surface area contributed by atoms with Gasteiger partial charge in [0.15, 0.2) is 11.9 Å². The van der Waals surface area contributed by atoms with E-state index >= 15 is 0 Å². The third kappa shape index (κ3) is 1.84. The Morgan fingerprint density at radius 3 is 2.75 bits per heavy atom. The number of ether oxygens (including phenoxy) is 1. The summed E-state index contributed by atoms with van der Waals surface area (Å²) in [5, 5.41) is 24.8. The highest BCUT2D eigenvalue weighted by Gasteiger charge is 2.43. The molecule has 0 spiro atoms. The van der Waals surface area contributed by atoms with E-state index in [1.165, 1.54) is 10.9 Å². The van der Waals surface area contributed by atoms with Crippen LogP contribution in [0.4, 0.5) is 5.82 Å². The lowest BCUT2D eigenvalue weighted by Gasteiger charge is -2.15. The topological polar surface area (TPSA) is 119 Å². The molecule has 8 nitrogen and oxygen atoms in total. The Kier molecular flexibility index (Phi) is 3.08. The first-order valence-electron chi connectivity index (χ1n) is 6.51. The summed E-state index contributed by atoms with van der Waals surface area (Å²) >= 11 is 0. The molecule has 3 heterocycles. The van der Waals surface area contributed by atoms with E-state index < -0.39 is 24.5 Å². The van der Waals surface area contributed by atoms with Crippen molar-refractivity contribution in [1.29, 1.82) is 0 Å². The van der Waals surface area contributed by atoms with Crippen LogP contribution < -0.4 is 5.73 Å². The second-order valence-corrected chi connectivity index (χ2v) is 4.94. The Labute approximate surface area is 115 Å². The van der Waals surface area contributed by atoms with Crippen molar-refractivity contribution in [1.82, 2.24) is 19.7 Å². The molecule has 1 aliphatic rings. The number of rotatable bonds is 2. The zero-order valence-corrected chi connectivity index (χ0v) is 11.3. The van der Waals surface area contributed by atoms with Gasteiger partial charge in [-0.3, -0.25) is 0 Å². The van der Waals surface area contributed by atoms with Crippen LogP contribution in [0.2, 0.25) is 0 Å². The molecule has 108 valence electrons. The van der Waals surface area contributed by atoms with Gasteiger partial charge in [-0.25, -0.2) is 14.6 Å². The van der Waals surface area contributed by atoms with Crippen molar-refractivity contribution in [2.24, 2.45) is 0 Å². The molecule has 0 radical (unpaired) electrons. The highest BCUT2D eigenvalue weighted by molar-refractivity contribution is 5.85. The summed E-state index contributed by atoms with van der Waals surface area (Å²) in [5.41, 5.74) is 6.32. The molecule has 0 unspecified atom stereocenters. The minimum absolute atomic E-state index is 0.332. The maximum Gasteiger partial charge on any atom is 0.181 e. The number of aliphatic hydroxyl groups is 2. The van der Waals surface area contributed by atoms with Crippen LogP contribution in [-0.4, -0.2) is 48.3 Å². The highest BCUT2D eigenvalue weighted by Crippen LogP contribution is 2.32. The molecule has 2 aromatic rings. The van der Waals surface area contributed by atoms with Crippen LogP contribution in [0.1, 0.15) is 25.4 Å². The standard InChI is InChI=1S/C12H17N5O3/c1-3-7-8(18)9(19)12(20-7)17-11-6(4-14-17)10(13)15-5(2)16-11/h4,7-9,12,18-19H,3H2,1-2H3,(H2,13,15,16)/t7-,8-,9-,12-/m1/s1. The van der Waals surface area contributed by atoms with E-state index in [0.717, 1.165) is 0 Å². The SMILES string of the molecule is CC[C@H]1O[C@@H](n2ncc3c(N)nc(C)nc32)[C@H](O)[C@@H]1O. The Balaban J connectivity index is 2.07. The Morgan fingerprint density at radius 1 is 1.35 bits per heavy atom. The molecule has 3 rings (SSSR count). The highest BCUT2D eigenvalue weighted by atomic mass is 16.6. The molecule has 2 aromatic heterocycles. The average Bonchev–Trinajstić information content (AvgIpc) is 2.93. The maximum atomic E-state index is 10.1. The Hall–Kier alpha value is -1.77. The van der Waals surface area contributed by atoms with Gasteiger partial charge in [0.25, 0.3) is 0 Å². The van der Waals surface area contributed by atoms with Gasteiger partial charge in [0, 0.05) is 0 Å². The van der Waals surface area contributed by atoms with Gasteiger partial charge in [-0.15, -0.1) is 0 Å². The van der Waals surface area contributed by atoms with Gasteiger partial charge in [-0.2, -0.15) is 5.10 Å². The predicted octanol–water partition coefficient (Wildman–Crippen LogP) is -0.254. The van der Waals surface area contributed by atoms with Crippen LogP contribution in [0.5, 0.6) is 0 Å². The predicted molar refractivity (Wildman–Crippen MR) is 70.7 cm³/mol. The van der Waals surface area contributed by atoms with Crippen molar-refractivity contribution in [3.05, 3.63) is 12.0 Å². The first kappa shape index (κ1) is 13.2. The molecule has 0 aromatic carbocycles. The quantitative estimate of drug-likeness (QED) is 0.693. The Morgan fingerprint density at radius 2 is 2.10 bits per heavy atom. The Bertz CT molecular complexity index is 643. The molecular weight excluding hydrogens is 262 g/mol. The summed E-state index contributed by atoms with van der Waals surface area (Å²) in [6.07, 6.45) is -1.06. The van der Waals surface area contributed by atoms with Gasteiger partial charge < -0.3 is 20.7 Å². The number of hydrogen-bond donors (Lipinski definition) is 3. The fourth-order valence-corrected chi connectivity index (χ4v) is 2.52. The first-order chi connectivity index (χ1) is 9.52. The summed E-state index contributed by atoms with van der Waals surface area (Å²) in [6.45, 7) is 3.61. The van der Waals surface area contributed by atoms with E-state index in [4.69, 9.17) is 10.5 Å². The number of nitrogen functional groups attached to an aromatic ring is 1. The van der Waals surface area contributed by atoms with Crippen LogP contribution in [0, 0.1) is 6.92 Å². The number of aromatic nitrogens is 4. The maximum absolute atomic E-state index is 10.1. The van der Waals surface area contributed by atoms with E-state index in [9.17, 15) is 10.2 Å². The summed E-state index contributed by atoms with van der Waals surface area (Å²) in [5.74, 6) is 0.843. The fraction of sp³-hybridized carbons (Fsp3) is 0.583. The van der Waals surface area contributed by atoms with Crippen molar-refractivity contribution >= 4 is 16.9 Å². The molecule has 1 fully saturated rings. The molecule has 1 saturated heterocycles. The lowest BCUT2D eigenvalue weighted by atomic mass is 10.1. The number of hydrogen-bond acceptors (Lipinski definition) is 7. The molecule has 4 N–H and O–H groups in total. The van der Waals surface area contributed by atoms with E-state index in [2.05, 4.69) is 15.1 Å². The summed E-state index contributed by atoms with van der Waals surface area (Å²) < 4.78 is 7.11. The average molecular weight is 279 g/mol. The molecule has 20 heavy (non-hydrogen) atoms. The van der Waals surface area contributed by atoms with E-state index in [1.807, 2.05) is 6.92 Å². The molecule has 0 saturated carbocycles. The molecule has 0 amide bonds. The smallest absolute Gasteiger partial charge is 0.181 e. The third-order valence-corrected chi connectivity index (χ3v) is 3.58. The summed E-state index contributed by atoms with van der Waals surface area (Å²) in [7, 11) is 0. The number of nitrogens with zero attached hydrogens (tertiary/aromatic N) is 4. The lowest BCUT2D eigenvalue weighted by molar-refractivity contribution is -0.0425. The van der Waals surface area contributed by atoms with Crippen LogP contribution in [0.25, 0.3) is 11.0 Å². The van der Waals surface area contributed by atoms with Gasteiger partial charge in [0.1, 0.15) is 23.9 Å². The zero-order chi connectivity index (χ0) is 14.4. The normalized spacial score (nSPS) is 30.2. The van der Waals surface area contributed by atoms with Gasteiger partial charge in [-0.05, 0) is 13.3 Å². The second kappa shape index (κ2) is 4.65. The van der Waals surface area contributed by atoms with Crippen molar-refractivity contribution < 1.29 is 14.9 Å². The van der Waals surface area contributed by atoms with Crippen molar-refractivity contribution in [2.75, 3.05) is 5.73 Å². The van der Waals surface area contributed by atoms with Gasteiger partial charge in [-0.1, -0.05) is 6.92 Å². The number of anilines is 1. The number of fused-ring (bicyclic) bond motifs is 1. The molecule has 8 heteroatoms. The monoisotopic (exact) mass is 279 g/mol. The minimum Gasteiger partial charge on any atom is -0.388 e. The van der Waals surface area contributed by atoms with Crippen molar-refractivity contribution in [2.45, 2.75) is 44.8 Å². The van der Waals surface area contributed by atoms with E-state index in [1.54, 1.807) is 6.92 Å². The van der Waals surface area contributed by atoms with Crippen LogP contribution in [-0.2, 0) is 4.74 Å². The van der Waals surface area contributed by atoms with Crippen LogP contribution in [0.15, 0.2) is 6.20 Å². The summed E-state index contributed by atoms with van der Waals surface area (Å²) in [6, 6.07) is 0. The number of aliphatic hydroxyl groups excluding tert-OH is 2. The van der Waals surface area contributed by atoms with Gasteiger partial charge in [0.05, 0.1) is 17.7 Å². The van der Waals surface area contributed by atoms with Crippen LogP contribution >= 0.6 is 0 Å². The first-order valence-corrected chi connectivity index (χ1v) is 6.51. The van der Waals surface area contributed by atoms with Gasteiger partial charge >= 0.3 is 0 Å². The number of nitrogens with two attached hydrogens (primary N) is 1. The molecule has 0 aliphatic carbocycles. The van der Waals surface area contributed by atoms with E-state index in [-0.39, 0.29) is 0 Å². The molecular formula is C12H17N5O3. The molecule has 0 bridgehead atoms. The van der Waals surface area contributed by atoms with Crippen LogP contribution in [0.3, 0.4) is 0 Å².